The zero-order chi connectivity index (χ0) is 11.8. The summed E-state index contributed by atoms with van der Waals surface area (Å²) >= 11 is 0. The Hall–Kier alpha value is 0.110. The van der Waals surface area contributed by atoms with Gasteiger partial charge in [0.15, 0.2) is 0 Å². The molecule has 0 aromatic carbocycles. The van der Waals surface area contributed by atoms with Crippen molar-refractivity contribution in [1.29, 1.82) is 0 Å². The average molecular weight is 225 g/mol. The van der Waals surface area contributed by atoms with Gasteiger partial charge in [0, 0.05) is 12.7 Å². The molecule has 1 unspecified atom stereocenters. The number of hydrogen-bond donors (Lipinski definition) is 3. The number of rotatable bonds is 4. The quantitative estimate of drug-likeness (QED) is 0.638. The second kappa shape index (κ2) is 8.42. The Labute approximate surface area is 87.1 Å². The lowest BCUT2D eigenvalue weighted by molar-refractivity contribution is 0.381. The highest BCUT2D eigenvalue weighted by atomic mass is 31.2. The predicted octanol–water partition coefficient (Wildman–Crippen LogP) is 1.95. The van der Waals surface area contributed by atoms with Gasteiger partial charge in [0.05, 0.1) is 0 Å². The molecular weight excluding hydrogens is 201 g/mol. The van der Waals surface area contributed by atoms with E-state index in [1.165, 1.54) is 19.3 Å². The Kier molecular flexibility index (Phi) is 9.95. The van der Waals surface area contributed by atoms with E-state index in [0.717, 1.165) is 12.6 Å². The first-order valence-corrected chi connectivity index (χ1v) is 6.97. The molecule has 0 aliphatic carbocycles. The SMILES string of the molecule is CC(C)CCCC(C)N.CP(=O)(O)O. The minimum atomic E-state index is -3.64. The van der Waals surface area contributed by atoms with Gasteiger partial charge in [0.25, 0.3) is 0 Å². The van der Waals surface area contributed by atoms with Crippen molar-refractivity contribution in [3.63, 3.8) is 0 Å². The number of nitrogens with two attached hydrogens (primary N) is 1. The van der Waals surface area contributed by atoms with E-state index < -0.39 is 7.60 Å². The minimum Gasteiger partial charge on any atom is -0.328 e. The Morgan fingerprint density at radius 1 is 1.21 bits per heavy atom. The first-order valence-electron chi connectivity index (χ1n) is 4.91. The summed E-state index contributed by atoms with van der Waals surface area (Å²) in [6, 6.07) is 0.392. The van der Waals surface area contributed by atoms with Gasteiger partial charge in [-0.25, -0.2) is 0 Å². The number of hydrogen-bond acceptors (Lipinski definition) is 2. The fourth-order valence-corrected chi connectivity index (χ4v) is 0.848. The normalized spacial score (nSPS) is 13.4. The molecule has 88 valence electrons. The van der Waals surface area contributed by atoms with Gasteiger partial charge in [0.1, 0.15) is 0 Å². The molecule has 5 heteroatoms. The average Bonchev–Trinajstić information content (AvgIpc) is 1.80. The molecule has 0 fully saturated rings. The summed E-state index contributed by atoms with van der Waals surface area (Å²) in [5.41, 5.74) is 5.58. The maximum atomic E-state index is 9.33. The summed E-state index contributed by atoms with van der Waals surface area (Å²) in [5.74, 6) is 0.837. The monoisotopic (exact) mass is 225 g/mol. The molecule has 0 saturated heterocycles. The van der Waals surface area contributed by atoms with Crippen LogP contribution in [0.15, 0.2) is 0 Å². The van der Waals surface area contributed by atoms with Gasteiger partial charge in [-0.15, -0.1) is 0 Å². The summed E-state index contributed by atoms with van der Waals surface area (Å²) in [6.07, 6.45) is 3.79. The molecule has 0 amide bonds. The van der Waals surface area contributed by atoms with Crippen LogP contribution in [0, 0.1) is 5.92 Å². The van der Waals surface area contributed by atoms with Crippen LogP contribution in [-0.2, 0) is 4.57 Å². The first-order chi connectivity index (χ1) is 6.13. The molecule has 4 N–H and O–H groups in total. The highest BCUT2D eigenvalue weighted by Crippen LogP contribution is 2.26. The van der Waals surface area contributed by atoms with E-state index in [1.54, 1.807) is 0 Å². The van der Waals surface area contributed by atoms with Crippen LogP contribution >= 0.6 is 7.60 Å². The Morgan fingerprint density at radius 2 is 1.57 bits per heavy atom. The molecule has 0 radical (unpaired) electrons. The van der Waals surface area contributed by atoms with Crippen LogP contribution in [0.4, 0.5) is 0 Å². The highest BCUT2D eigenvalue weighted by molar-refractivity contribution is 7.50. The van der Waals surface area contributed by atoms with E-state index in [4.69, 9.17) is 15.5 Å². The van der Waals surface area contributed by atoms with Gasteiger partial charge in [-0.3, -0.25) is 4.57 Å². The largest absolute Gasteiger partial charge is 0.328 e. The molecule has 0 aromatic heterocycles. The van der Waals surface area contributed by atoms with Crippen LogP contribution in [0.25, 0.3) is 0 Å². The van der Waals surface area contributed by atoms with Crippen LogP contribution in [0.5, 0.6) is 0 Å². The molecule has 4 nitrogen and oxygen atoms in total. The summed E-state index contributed by atoms with van der Waals surface area (Å²) in [6.45, 7) is 7.43. The summed E-state index contributed by atoms with van der Waals surface area (Å²) < 4.78 is 9.33. The van der Waals surface area contributed by atoms with E-state index >= 15 is 0 Å². The maximum Gasteiger partial charge on any atom is 0.322 e. The molecule has 0 spiro atoms. The van der Waals surface area contributed by atoms with E-state index in [1.807, 2.05) is 0 Å². The zero-order valence-corrected chi connectivity index (χ0v) is 10.5. The molecule has 0 bridgehead atoms. The first kappa shape index (κ1) is 16.5. The van der Waals surface area contributed by atoms with Crippen molar-refractivity contribution < 1.29 is 14.4 Å². The van der Waals surface area contributed by atoms with Crippen molar-refractivity contribution in [3.8, 4) is 0 Å². The second-order valence-electron chi connectivity index (χ2n) is 4.14. The second-order valence-corrected chi connectivity index (χ2v) is 5.81. The smallest absolute Gasteiger partial charge is 0.322 e. The van der Waals surface area contributed by atoms with Crippen molar-refractivity contribution in [1.82, 2.24) is 0 Å². The lowest BCUT2D eigenvalue weighted by atomic mass is 10.0. The van der Waals surface area contributed by atoms with Crippen molar-refractivity contribution in [2.24, 2.45) is 11.7 Å². The van der Waals surface area contributed by atoms with Gasteiger partial charge < -0.3 is 15.5 Å². The maximum absolute atomic E-state index is 9.33. The van der Waals surface area contributed by atoms with E-state index in [0.29, 0.717) is 6.04 Å². The van der Waals surface area contributed by atoms with Crippen LogP contribution < -0.4 is 5.73 Å². The molecule has 0 saturated carbocycles. The van der Waals surface area contributed by atoms with Crippen LogP contribution in [0.1, 0.15) is 40.0 Å². The van der Waals surface area contributed by atoms with Gasteiger partial charge in [-0.2, -0.15) is 0 Å². The molecular formula is C9H24NO3P. The molecule has 0 aliphatic heterocycles. The van der Waals surface area contributed by atoms with Crippen LogP contribution in [-0.4, -0.2) is 22.5 Å². The summed E-state index contributed by atoms with van der Waals surface area (Å²) in [7, 11) is -3.64. The van der Waals surface area contributed by atoms with E-state index in [9.17, 15) is 4.57 Å². The van der Waals surface area contributed by atoms with Gasteiger partial charge in [0.2, 0.25) is 0 Å². The molecule has 14 heavy (non-hydrogen) atoms. The third kappa shape index (κ3) is 40.0. The lowest BCUT2D eigenvalue weighted by Crippen LogP contribution is -2.14. The topological polar surface area (TPSA) is 83.6 Å². The Balaban J connectivity index is 0. The van der Waals surface area contributed by atoms with Crippen LogP contribution in [0.3, 0.4) is 0 Å². The summed E-state index contributed by atoms with van der Waals surface area (Å²) in [4.78, 5) is 15.3. The Morgan fingerprint density at radius 3 is 1.79 bits per heavy atom. The molecule has 1 atom stereocenters. The van der Waals surface area contributed by atoms with E-state index in [-0.39, 0.29) is 0 Å². The van der Waals surface area contributed by atoms with Crippen molar-refractivity contribution >= 4 is 7.60 Å². The van der Waals surface area contributed by atoms with Gasteiger partial charge in [-0.05, 0) is 19.3 Å². The molecule has 0 rings (SSSR count). The Bertz CT molecular complexity index is 149. The lowest BCUT2D eigenvalue weighted by Gasteiger charge is -2.05. The third-order valence-electron chi connectivity index (χ3n) is 1.44. The van der Waals surface area contributed by atoms with Crippen molar-refractivity contribution in [2.75, 3.05) is 6.66 Å². The molecule has 0 aliphatic rings. The fraction of sp³-hybridized carbons (Fsp3) is 1.00. The molecule has 0 aromatic rings. The van der Waals surface area contributed by atoms with E-state index in [2.05, 4.69) is 20.8 Å². The third-order valence-corrected chi connectivity index (χ3v) is 1.44. The zero-order valence-electron chi connectivity index (χ0n) is 9.60. The standard InChI is InChI=1S/C8H19N.CH5O3P/c1-7(2)5-4-6-8(3)9;1-5(2,3)4/h7-8H,4-6,9H2,1-3H3;1H3,(H2,2,3,4). The fourth-order valence-electron chi connectivity index (χ4n) is 0.848. The van der Waals surface area contributed by atoms with Crippen LogP contribution in [0.2, 0.25) is 0 Å². The summed E-state index contributed by atoms with van der Waals surface area (Å²) in [5, 5.41) is 0. The predicted molar refractivity (Wildman–Crippen MR) is 60.3 cm³/mol. The van der Waals surface area contributed by atoms with Gasteiger partial charge >= 0.3 is 7.60 Å². The van der Waals surface area contributed by atoms with Crippen molar-refractivity contribution in [3.05, 3.63) is 0 Å². The minimum absolute atomic E-state index is 0.392. The highest BCUT2D eigenvalue weighted by Gasteiger charge is 1.96. The van der Waals surface area contributed by atoms with Crippen molar-refractivity contribution in [2.45, 2.75) is 46.1 Å². The van der Waals surface area contributed by atoms with Gasteiger partial charge in [-0.1, -0.05) is 26.7 Å². The molecule has 0 heterocycles.